The number of primary sulfonamides is 1. The van der Waals surface area contributed by atoms with E-state index < -0.39 is 21.7 Å². The molecular formula is C18H27FN2O4S. The second-order valence-corrected chi connectivity index (χ2v) is 8.64. The number of carbonyl (C=O) groups is 1. The number of ether oxygens (including phenoxy) is 1. The monoisotopic (exact) mass is 386 g/mol. The number of hydrogen-bond donors (Lipinski definition) is 1. The van der Waals surface area contributed by atoms with Crippen molar-refractivity contribution in [1.29, 1.82) is 0 Å². The first-order valence-electron chi connectivity index (χ1n) is 8.90. The van der Waals surface area contributed by atoms with Crippen molar-refractivity contribution >= 4 is 15.9 Å². The highest BCUT2D eigenvalue weighted by molar-refractivity contribution is 7.89. The lowest BCUT2D eigenvalue weighted by Crippen LogP contribution is -2.51. The van der Waals surface area contributed by atoms with Crippen molar-refractivity contribution < 1.29 is 22.3 Å². The molecule has 1 amide bonds. The predicted molar refractivity (Wildman–Crippen MR) is 96.7 cm³/mol. The number of hydrogen-bond acceptors (Lipinski definition) is 4. The summed E-state index contributed by atoms with van der Waals surface area (Å²) in [7, 11) is -4.02. The van der Waals surface area contributed by atoms with E-state index >= 15 is 0 Å². The summed E-state index contributed by atoms with van der Waals surface area (Å²) in [5.74, 6) is -1.10. The maximum atomic E-state index is 14.2. The van der Waals surface area contributed by atoms with Crippen molar-refractivity contribution in [3.8, 4) is 0 Å². The number of rotatable bonds is 6. The van der Waals surface area contributed by atoms with Crippen LogP contribution >= 0.6 is 0 Å². The third-order valence-corrected chi connectivity index (χ3v) is 5.51. The highest BCUT2D eigenvalue weighted by Gasteiger charge is 2.33. The summed E-state index contributed by atoms with van der Waals surface area (Å²) >= 11 is 0. The van der Waals surface area contributed by atoms with Gasteiger partial charge < -0.3 is 9.64 Å². The zero-order valence-corrected chi connectivity index (χ0v) is 16.3. The van der Waals surface area contributed by atoms with Gasteiger partial charge in [-0.1, -0.05) is 33.6 Å². The smallest absolute Gasteiger partial charge is 0.257 e. The zero-order valence-electron chi connectivity index (χ0n) is 15.4. The van der Waals surface area contributed by atoms with Gasteiger partial charge in [-0.25, -0.2) is 17.9 Å². The molecule has 1 fully saturated rings. The standard InChI is InChI=1S/C18H27FN2O4S/c1-4-5-6-13-10-21(11-17(25-13)12(2)3)18(22)15-9-14(26(20,23)24)7-8-16(15)19/h7-9,12-13,17H,4-6,10-11H2,1-3H3,(H2,20,23,24)/t13-,17-/m1/s1. The zero-order chi connectivity index (χ0) is 19.5. The number of halogens is 1. The fourth-order valence-corrected chi connectivity index (χ4v) is 3.55. The van der Waals surface area contributed by atoms with Crippen molar-refractivity contribution in [1.82, 2.24) is 4.90 Å². The number of carbonyl (C=O) groups excluding carboxylic acids is 1. The molecule has 0 saturated carbocycles. The quantitative estimate of drug-likeness (QED) is 0.813. The Morgan fingerprint density at radius 2 is 2.08 bits per heavy atom. The Bertz CT molecular complexity index is 752. The topological polar surface area (TPSA) is 89.7 Å². The van der Waals surface area contributed by atoms with Gasteiger partial charge in [-0.15, -0.1) is 0 Å². The van der Waals surface area contributed by atoms with Gasteiger partial charge in [0.05, 0.1) is 22.7 Å². The SMILES string of the molecule is CCCC[C@@H]1CN(C(=O)c2cc(S(N)(=O)=O)ccc2F)C[C@H](C(C)C)O1. The third-order valence-electron chi connectivity index (χ3n) is 4.60. The normalized spacial score (nSPS) is 21.2. The minimum atomic E-state index is -4.02. The van der Waals surface area contributed by atoms with Crippen molar-refractivity contribution in [2.24, 2.45) is 11.1 Å². The van der Waals surface area contributed by atoms with E-state index in [4.69, 9.17) is 9.88 Å². The summed E-state index contributed by atoms with van der Waals surface area (Å²) < 4.78 is 43.3. The summed E-state index contributed by atoms with van der Waals surface area (Å²) in [6.45, 7) is 6.81. The molecule has 1 saturated heterocycles. The molecule has 0 unspecified atom stereocenters. The van der Waals surface area contributed by atoms with E-state index in [1.807, 2.05) is 13.8 Å². The Labute approximate surface area is 154 Å². The van der Waals surface area contributed by atoms with Crippen LogP contribution in [0.5, 0.6) is 0 Å². The molecular weight excluding hydrogens is 359 g/mol. The number of sulfonamides is 1. The van der Waals surface area contributed by atoms with Gasteiger partial charge in [-0.3, -0.25) is 4.79 Å². The van der Waals surface area contributed by atoms with Gasteiger partial charge in [-0.2, -0.15) is 0 Å². The molecule has 0 aromatic heterocycles. The van der Waals surface area contributed by atoms with Crippen LogP contribution in [0.4, 0.5) is 4.39 Å². The Balaban J connectivity index is 2.29. The van der Waals surface area contributed by atoms with Crippen molar-refractivity contribution in [3.05, 3.63) is 29.6 Å². The molecule has 1 aromatic rings. The van der Waals surface area contributed by atoms with Gasteiger partial charge in [0, 0.05) is 13.1 Å². The Hall–Kier alpha value is -1.51. The number of benzene rings is 1. The van der Waals surface area contributed by atoms with E-state index in [1.54, 1.807) is 4.90 Å². The number of amides is 1. The van der Waals surface area contributed by atoms with Crippen LogP contribution in [0.2, 0.25) is 0 Å². The summed E-state index contributed by atoms with van der Waals surface area (Å²) in [6, 6.07) is 3.03. The Morgan fingerprint density at radius 3 is 2.65 bits per heavy atom. The molecule has 1 aliphatic heterocycles. The number of morpholine rings is 1. The fourth-order valence-electron chi connectivity index (χ4n) is 3.01. The Morgan fingerprint density at radius 1 is 1.38 bits per heavy atom. The summed E-state index contributed by atoms with van der Waals surface area (Å²) in [6.07, 6.45) is 2.57. The lowest BCUT2D eigenvalue weighted by molar-refractivity contribution is -0.0963. The molecule has 1 heterocycles. The van der Waals surface area contributed by atoms with E-state index in [1.165, 1.54) is 0 Å². The van der Waals surface area contributed by atoms with Crippen molar-refractivity contribution in [2.45, 2.75) is 57.1 Å². The first kappa shape index (κ1) is 20.8. The molecule has 146 valence electrons. The second-order valence-electron chi connectivity index (χ2n) is 7.08. The fraction of sp³-hybridized carbons (Fsp3) is 0.611. The third kappa shape index (κ3) is 5.02. The molecule has 1 aromatic carbocycles. The lowest BCUT2D eigenvalue weighted by atomic mass is 10.0. The largest absolute Gasteiger partial charge is 0.371 e. The average molecular weight is 386 g/mol. The number of nitrogens with zero attached hydrogens (tertiary/aromatic N) is 1. The average Bonchev–Trinajstić information content (AvgIpc) is 2.58. The van der Waals surface area contributed by atoms with Gasteiger partial charge >= 0.3 is 0 Å². The molecule has 2 rings (SSSR count). The highest BCUT2D eigenvalue weighted by atomic mass is 32.2. The van der Waals surface area contributed by atoms with Crippen LogP contribution in [0, 0.1) is 11.7 Å². The number of unbranched alkanes of at least 4 members (excludes halogenated alkanes) is 1. The highest BCUT2D eigenvalue weighted by Crippen LogP contribution is 2.24. The van der Waals surface area contributed by atoms with Gasteiger partial charge in [0.2, 0.25) is 10.0 Å². The van der Waals surface area contributed by atoms with Crippen LogP contribution < -0.4 is 5.14 Å². The van der Waals surface area contributed by atoms with Crippen LogP contribution in [0.3, 0.4) is 0 Å². The summed E-state index contributed by atoms with van der Waals surface area (Å²) in [5.41, 5.74) is -0.282. The molecule has 0 radical (unpaired) electrons. The molecule has 2 atom stereocenters. The number of nitrogens with two attached hydrogens (primary N) is 1. The van der Waals surface area contributed by atoms with Crippen molar-refractivity contribution in [2.75, 3.05) is 13.1 Å². The molecule has 1 aliphatic rings. The van der Waals surface area contributed by atoms with E-state index in [0.29, 0.717) is 13.1 Å². The van der Waals surface area contributed by atoms with E-state index in [-0.39, 0.29) is 28.6 Å². The molecule has 8 heteroatoms. The lowest BCUT2D eigenvalue weighted by Gasteiger charge is -2.40. The van der Waals surface area contributed by atoms with Gasteiger partial charge in [0.15, 0.2) is 0 Å². The van der Waals surface area contributed by atoms with E-state index in [2.05, 4.69) is 6.92 Å². The van der Waals surface area contributed by atoms with E-state index in [0.717, 1.165) is 37.5 Å². The molecule has 0 bridgehead atoms. The molecule has 26 heavy (non-hydrogen) atoms. The maximum absolute atomic E-state index is 14.2. The van der Waals surface area contributed by atoms with Crippen molar-refractivity contribution in [3.63, 3.8) is 0 Å². The van der Waals surface area contributed by atoms with Crippen LogP contribution in [-0.4, -0.2) is 44.5 Å². The van der Waals surface area contributed by atoms with Crippen LogP contribution in [0.25, 0.3) is 0 Å². The Kier molecular flexibility index (Phi) is 6.76. The maximum Gasteiger partial charge on any atom is 0.257 e. The minimum absolute atomic E-state index is 0.107. The summed E-state index contributed by atoms with van der Waals surface area (Å²) in [4.78, 5) is 14.2. The van der Waals surface area contributed by atoms with E-state index in [9.17, 15) is 17.6 Å². The molecule has 2 N–H and O–H groups in total. The second kappa shape index (κ2) is 8.45. The molecule has 0 spiro atoms. The van der Waals surface area contributed by atoms with Gasteiger partial charge in [0.25, 0.3) is 5.91 Å². The first-order chi connectivity index (χ1) is 12.1. The molecule has 6 nitrogen and oxygen atoms in total. The van der Waals surface area contributed by atoms with Crippen LogP contribution in [-0.2, 0) is 14.8 Å². The predicted octanol–water partition coefficient (Wildman–Crippen LogP) is 2.53. The first-order valence-corrected chi connectivity index (χ1v) is 10.4. The van der Waals surface area contributed by atoms with Crippen LogP contribution in [0.1, 0.15) is 50.4 Å². The van der Waals surface area contributed by atoms with Gasteiger partial charge in [-0.05, 0) is 30.5 Å². The minimum Gasteiger partial charge on any atom is -0.371 e. The van der Waals surface area contributed by atoms with Crippen LogP contribution in [0.15, 0.2) is 23.1 Å². The molecule has 0 aliphatic carbocycles. The summed E-state index contributed by atoms with van der Waals surface area (Å²) in [5, 5.41) is 5.10. The van der Waals surface area contributed by atoms with Gasteiger partial charge in [0.1, 0.15) is 5.82 Å².